The summed E-state index contributed by atoms with van der Waals surface area (Å²) in [5.41, 5.74) is 4.39. The van der Waals surface area contributed by atoms with Gasteiger partial charge in [0, 0.05) is 16.2 Å². The summed E-state index contributed by atoms with van der Waals surface area (Å²) in [6, 6.07) is 29.5. The number of hydrogen-bond donors (Lipinski definition) is 0. The molecule has 0 aliphatic heterocycles. The van der Waals surface area contributed by atoms with Gasteiger partial charge in [-0.3, -0.25) is 0 Å². The molecule has 0 unspecified atom stereocenters. The van der Waals surface area contributed by atoms with Crippen LogP contribution in [-0.2, 0) is 0 Å². The van der Waals surface area contributed by atoms with Crippen molar-refractivity contribution in [3.05, 3.63) is 84.9 Å². The molecule has 1 heteroatoms. The van der Waals surface area contributed by atoms with E-state index in [0.29, 0.717) is 0 Å². The molecule has 0 N–H and O–H groups in total. The van der Waals surface area contributed by atoms with Crippen molar-refractivity contribution in [3.8, 4) is 11.1 Å². The molecule has 1 heterocycles. The third-order valence-corrected chi connectivity index (χ3v) is 4.49. The van der Waals surface area contributed by atoms with Gasteiger partial charge in [-0.05, 0) is 28.6 Å². The highest BCUT2D eigenvalue weighted by Gasteiger charge is 2.11. The third-order valence-electron chi connectivity index (χ3n) is 4.49. The summed E-state index contributed by atoms with van der Waals surface area (Å²) < 4.78 is 6.16. The van der Waals surface area contributed by atoms with Crippen LogP contribution in [0.1, 0.15) is 0 Å². The normalized spacial score (nSPS) is 11.5. The number of rotatable bonds is 1. The number of furan rings is 1. The standard InChI is InChI=1S/C22H14O/c1-2-7-15(8-3-1)16-10-6-11-19-17(16)13-14-20-18-9-4-5-12-21(18)23-22(19)20/h1-14H. The SMILES string of the molecule is c1ccc(-c2cccc3c2ccc2c4ccccc4oc32)cc1. The first-order valence-electron chi connectivity index (χ1n) is 7.80. The lowest BCUT2D eigenvalue weighted by molar-refractivity contribution is 0.672. The second kappa shape index (κ2) is 4.72. The molecule has 1 nitrogen and oxygen atoms in total. The summed E-state index contributed by atoms with van der Waals surface area (Å²) in [6.07, 6.45) is 0. The third kappa shape index (κ3) is 1.80. The Hall–Kier alpha value is -3.06. The van der Waals surface area contributed by atoms with E-state index in [2.05, 4.69) is 66.7 Å². The molecule has 0 aliphatic carbocycles. The van der Waals surface area contributed by atoms with E-state index in [1.165, 1.54) is 32.7 Å². The van der Waals surface area contributed by atoms with E-state index >= 15 is 0 Å². The van der Waals surface area contributed by atoms with E-state index in [1.807, 2.05) is 18.2 Å². The van der Waals surface area contributed by atoms with E-state index in [1.54, 1.807) is 0 Å². The largest absolute Gasteiger partial charge is 0.455 e. The maximum atomic E-state index is 6.16. The van der Waals surface area contributed by atoms with E-state index in [9.17, 15) is 0 Å². The van der Waals surface area contributed by atoms with Gasteiger partial charge in [0.25, 0.3) is 0 Å². The van der Waals surface area contributed by atoms with Crippen molar-refractivity contribution >= 4 is 32.7 Å². The number of fused-ring (bicyclic) bond motifs is 5. The average molecular weight is 294 g/mol. The topological polar surface area (TPSA) is 13.1 Å². The molecule has 0 aliphatic rings. The average Bonchev–Trinajstić information content (AvgIpc) is 3.01. The van der Waals surface area contributed by atoms with Crippen molar-refractivity contribution in [1.29, 1.82) is 0 Å². The van der Waals surface area contributed by atoms with Gasteiger partial charge in [-0.15, -0.1) is 0 Å². The lowest BCUT2D eigenvalue weighted by Crippen LogP contribution is -1.81. The van der Waals surface area contributed by atoms with Gasteiger partial charge in [-0.1, -0.05) is 72.8 Å². The van der Waals surface area contributed by atoms with Crippen LogP contribution in [0.15, 0.2) is 89.3 Å². The molecule has 5 aromatic rings. The predicted octanol–water partition coefficient (Wildman–Crippen LogP) is 6.41. The van der Waals surface area contributed by atoms with Crippen molar-refractivity contribution in [2.75, 3.05) is 0 Å². The van der Waals surface area contributed by atoms with Crippen molar-refractivity contribution in [1.82, 2.24) is 0 Å². The summed E-state index contributed by atoms with van der Waals surface area (Å²) in [5, 5.41) is 4.75. The minimum Gasteiger partial charge on any atom is -0.455 e. The van der Waals surface area contributed by atoms with E-state index in [0.717, 1.165) is 11.2 Å². The molecule has 4 aromatic carbocycles. The first-order chi connectivity index (χ1) is 11.4. The van der Waals surface area contributed by atoms with Crippen LogP contribution in [0.4, 0.5) is 0 Å². The minimum absolute atomic E-state index is 0.945. The van der Waals surface area contributed by atoms with Crippen LogP contribution in [0.25, 0.3) is 43.8 Å². The van der Waals surface area contributed by atoms with E-state index < -0.39 is 0 Å². The smallest absolute Gasteiger partial charge is 0.143 e. The van der Waals surface area contributed by atoms with Crippen molar-refractivity contribution in [3.63, 3.8) is 0 Å². The van der Waals surface area contributed by atoms with Crippen LogP contribution < -0.4 is 0 Å². The fourth-order valence-electron chi connectivity index (χ4n) is 3.41. The van der Waals surface area contributed by atoms with Gasteiger partial charge in [0.05, 0.1) is 0 Å². The van der Waals surface area contributed by atoms with Crippen LogP contribution in [0, 0.1) is 0 Å². The van der Waals surface area contributed by atoms with Gasteiger partial charge in [0.2, 0.25) is 0 Å². The molecule has 0 radical (unpaired) electrons. The first-order valence-corrected chi connectivity index (χ1v) is 7.80. The van der Waals surface area contributed by atoms with Gasteiger partial charge in [-0.2, -0.15) is 0 Å². The lowest BCUT2D eigenvalue weighted by atomic mass is 9.97. The summed E-state index contributed by atoms with van der Waals surface area (Å²) in [5.74, 6) is 0. The highest BCUT2D eigenvalue weighted by molar-refractivity contribution is 6.17. The van der Waals surface area contributed by atoms with Crippen LogP contribution in [-0.4, -0.2) is 0 Å². The maximum absolute atomic E-state index is 6.16. The van der Waals surface area contributed by atoms with Crippen molar-refractivity contribution < 1.29 is 4.42 Å². The molecule has 0 fully saturated rings. The predicted molar refractivity (Wildman–Crippen MR) is 96.7 cm³/mol. The molecule has 1 aromatic heterocycles. The van der Waals surface area contributed by atoms with Gasteiger partial charge in [0.15, 0.2) is 0 Å². The Kier molecular flexibility index (Phi) is 2.56. The Labute approximate surface area is 133 Å². The summed E-state index contributed by atoms with van der Waals surface area (Å²) in [6.45, 7) is 0. The fraction of sp³-hybridized carbons (Fsp3) is 0. The Bertz CT molecular complexity index is 1150. The zero-order valence-corrected chi connectivity index (χ0v) is 12.5. The molecule has 108 valence electrons. The van der Waals surface area contributed by atoms with E-state index in [4.69, 9.17) is 4.42 Å². The fourth-order valence-corrected chi connectivity index (χ4v) is 3.41. The summed E-state index contributed by atoms with van der Waals surface area (Å²) >= 11 is 0. The quantitative estimate of drug-likeness (QED) is 0.348. The lowest BCUT2D eigenvalue weighted by Gasteiger charge is -2.07. The highest BCUT2D eigenvalue weighted by atomic mass is 16.3. The van der Waals surface area contributed by atoms with Gasteiger partial charge in [0.1, 0.15) is 11.2 Å². The molecule has 0 bridgehead atoms. The van der Waals surface area contributed by atoms with Crippen molar-refractivity contribution in [2.24, 2.45) is 0 Å². The van der Waals surface area contributed by atoms with Crippen molar-refractivity contribution in [2.45, 2.75) is 0 Å². The monoisotopic (exact) mass is 294 g/mol. The number of para-hydroxylation sites is 1. The zero-order valence-electron chi connectivity index (χ0n) is 12.5. The van der Waals surface area contributed by atoms with Gasteiger partial charge in [-0.25, -0.2) is 0 Å². The Balaban J connectivity index is 1.92. The second-order valence-corrected chi connectivity index (χ2v) is 5.81. The maximum Gasteiger partial charge on any atom is 0.143 e. The highest BCUT2D eigenvalue weighted by Crippen LogP contribution is 2.37. The summed E-state index contributed by atoms with van der Waals surface area (Å²) in [7, 11) is 0. The number of hydrogen-bond acceptors (Lipinski definition) is 1. The number of benzene rings is 4. The molecule has 23 heavy (non-hydrogen) atoms. The van der Waals surface area contributed by atoms with Gasteiger partial charge >= 0.3 is 0 Å². The molecule has 0 saturated heterocycles. The second-order valence-electron chi connectivity index (χ2n) is 5.81. The summed E-state index contributed by atoms with van der Waals surface area (Å²) in [4.78, 5) is 0. The molecular formula is C22H14O. The molecular weight excluding hydrogens is 280 g/mol. The van der Waals surface area contributed by atoms with E-state index in [-0.39, 0.29) is 0 Å². The van der Waals surface area contributed by atoms with Crippen LogP contribution >= 0.6 is 0 Å². The van der Waals surface area contributed by atoms with Gasteiger partial charge < -0.3 is 4.42 Å². The minimum atomic E-state index is 0.945. The Morgan fingerprint density at radius 2 is 1.17 bits per heavy atom. The molecule has 0 atom stereocenters. The van der Waals surface area contributed by atoms with Crippen LogP contribution in [0.3, 0.4) is 0 Å². The Morgan fingerprint density at radius 1 is 0.478 bits per heavy atom. The van der Waals surface area contributed by atoms with Crippen LogP contribution in [0.5, 0.6) is 0 Å². The zero-order chi connectivity index (χ0) is 15.2. The Morgan fingerprint density at radius 3 is 2.09 bits per heavy atom. The molecule has 0 spiro atoms. The first kappa shape index (κ1) is 12.5. The molecule has 0 amide bonds. The van der Waals surface area contributed by atoms with Crippen LogP contribution in [0.2, 0.25) is 0 Å². The molecule has 5 rings (SSSR count). The molecule has 0 saturated carbocycles.